The largest absolute Gasteiger partial charge is 0.350 e. The van der Waals surface area contributed by atoms with Crippen LogP contribution in [0.5, 0.6) is 0 Å². The van der Waals surface area contributed by atoms with Crippen molar-refractivity contribution in [1.82, 2.24) is 15.0 Å². The SMILES string of the molecule is NC(=O)NN=CCn1ccc(=O)[nH]c1=O. The van der Waals surface area contributed by atoms with Gasteiger partial charge >= 0.3 is 11.7 Å². The second kappa shape index (κ2) is 4.74. The lowest BCUT2D eigenvalue weighted by Gasteiger charge is -1.98. The Morgan fingerprint density at radius 3 is 3.00 bits per heavy atom. The molecule has 1 heterocycles. The smallest absolute Gasteiger partial charge is 0.332 e. The second-order valence-electron chi connectivity index (χ2n) is 2.55. The van der Waals surface area contributed by atoms with Gasteiger partial charge in [0.15, 0.2) is 0 Å². The van der Waals surface area contributed by atoms with E-state index >= 15 is 0 Å². The number of carbonyl (C=O) groups excluding carboxylic acids is 1. The van der Waals surface area contributed by atoms with E-state index in [1.807, 2.05) is 5.43 Å². The minimum absolute atomic E-state index is 0.121. The maximum absolute atomic E-state index is 11.1. The number of aromatic nitrogens is 2. The fourth-order valence-electron chi connectivity index (χ4n) is 0.826. The minimum atomic E-state index is -0.792. The van der Waals surface area contributed by atoms with Crippen molar-refractivity contribution in [3.05, 3.63) is 33.1 Å². The normalized spacial score (nSPS) is 10.4. The highest BCUT2D eigenvalue weighted by Crippen LogP contribution is 1.72. The molecule has 4 N–H and O–H groups in total. The maximum Gasteiger partial charge on any atom is 0.332 e. The van der Waals surface area contributed by atoms with Crippen molar-refractivity contribution in [2.45, 2.75) is 6.54 Å². The summed E-state index contributed by atoms with van der Waals surface area (Å²) in [7, 11) is 0. The number of nitrogens with one attached hydrogen (secondary N) is 2. The number of rotatable bonds is 3. The Balaban J connectivity index is 2.66. The molecule has 2 amide bonds. The standard InChI is InChI=1S/C7H9N5O3/c8-6(14)11-9-2-4-12-3-1-5(13)10-7(12)15/h1-3H,4H2,(H3,8,11,14)(H,10,13,15). The van der Waals surface area contributed by atoms with Gasteiger partial charge in [-0.1, -0.05) is 0 Å². The topological polar surface area (TPSA) is 122 Å². The number of primary amides is 1. The minimum Gasteiger partial charge on any atom is -0.350 e. The lowest BCUT2D eigenvalue weighted by molar-refractivity contribution is 0.249. The Hall–Kier alpha value is -2.38. The van der Waals surface area contributed by atoms with Crippen LogP contribution in [0.1, 0.15) is 0 Å². The van der Waals surface area contributed by atoms with Crippen molar-refractivity contribution >= 4 is 12.2 Å². The molecule has 1 aromatic heterocycles. The fourth-order valence-corrected chi connectivity index (χ4v) is 0.826. The summed E-state index contributed by atoms with van der Waals surface area (Å²) in [6.07, 6.45) is 2.59. The molecule has 0 fully saturated rings. The number of carbonyl (C=O) groups is 1. The van der Waals surface area contributed by atoms with E-state index in [-0.39, 0.29) is 6.54 Å². The van der Waals surface area contributed by atoms with Gasteiger partial charge in [-0.15, -0.1) is 0 Å². The van der Waals surface area contributed by atoms with Crippen molar-refractivity contribution in [3.8, 4) is 0 Å². The first-order chi connectivity index (χ1) is 7.09. The third kappa shape index (κ3) is 3.46. The molecular weight excluding hydrogens is 202 g/mol. The molecule has 0 spiro atoms. The number of aromatic amines is 1. The molecule has 0 aliphatic heterocycles. The van der Waals surface area contributed by atoms with Crippen molar-refractivity contribution in [3.63, 3.8) is 0 Å². The number of hydrazone groups is 1. The molecule has 1 rings (SSSR count). The van der Waals surface area contributed by atoms with Crippen molar-refractivity contribution < 1.29 is 4.79 Å². The molecule has 0 radical (unpaired) electrons. The van der Waals surface area contributed by atoms with Crippen LogP contribution in [0.2, 0.25) is 0 Å². The van der Waals surface area contributed by atoms with Crippen molar-refractivity contribution in [2.24, 2.45) is 10.8 Å². The molecule has 8 nitrogen and oxygen atoms in total. The van der Waals surface area contributed by atoms with Gasteiger partial charge < -0.3 is 5.73 Å². The van der Waals surface area contributed by atoms with E-state index in [0.717, 1.165) is 0 Å². The lowest BCUT2D eigenvalue weighted by atomic mass is 10.6. The fraction of sp³-hybridized carbons (Fsp3) is 0.143. The van der Waals surface area contributed by atoms with E-state index in [9.17, 15) is 14.4 Å². The summed E-state index contributed by atoms with van der Waals surface area (Å²) >= 11 is 0. The summed E-state index contributed by atoms with van der Waals surface area (Å²) in [5.41, 5.74) is 5.69. The summed E-state index contributed by atoms with van der Waals surface area (Å²) in [6.45, 7) is 0.121. The van der Waals surface area contributed by atoms with Crippen LogP contribution in [0.3, 0.4) is 0 Å². The van der Waals surface area contributed by atoms with Gasteiger partial charge in [-0.3, -0.25) is 14.3 Å². The average Bonchev–Trinajstić information content (AvgIpc) is 2.14. The van der Waals surface area contributed by atoms with Gasteiger partial charge in [-0.2, -0.15) is 5.10 Å². The quantitative estimate of drug-likeness (QED) is 0.403. The van der Waals surface area contributed by atoms with Crippen molar-refractivity contribution in [1.29, 1.82) is 0 Å². The maximum atomic E-state index is 11.1. The Kier molecular flexibility index (Phi) is 3.38. The number of amides is 2. The first-order valence-electron chi connectivity index (χ1n) is 3.96. The van der Waals surface area contributed by atoms with Gasteiger partial charge in [0, 0.05) is 18.5 Å². The molecule has 80 valence electrons. The zero-order valence-corrected chi connectivity index (χ0v) is 7.64. The molecule has 0 aliphatic carbocycles. The lowest BCUT2D eigenvalue weighted by Crippen LogP contribution is -2.29. The third-order valence-corrected chi connectivity index (χ3v) is 1.44. The molecule has 0 saturated heterocycles. The van der Waals surface area contributed by atoms with Gasteiger partial charge in [0.1, 0.15) is 0 Å². The van der Waals surface area contributed by atoms with Crippen LogP contribution in [0.15, 0.2) is 27.0 Å². The van der Waals surface area contributed by atoms with Crippen LogP contribution in [-0.4, -0.2) is 21.8 Å². The van der Waals surface area contributed by atoms with Crippen LogP contribution in [0, 0.1) is 0 Å². The van der Waals surface area contributed by atoms with E-state index in [1.54, 1.807) is 0 Å². The number of urea groups is 1. The number of H-pyrrole nitrogens is 1. The first-order valence-corrected chi connectivity index (χ1v) is 3.96. The van der Waals surface area contributed by atoms with Gasteiger partial charge in [-0.05, 0) is 0 Å². The molecule has 1 aromatic rings. The molecular formula is C7H9N5O3. The van der Waals surface area contributed by atoms with Crippen LogP contribution in [0.4, 0.5) is 4.79 Å². The molecule has 0 aromatic carbocycles. The molecule has 0 aliphatic rings. The number of nitrogens with two attached hydrogens (primary N) is 1. The Morgan fingerprint density at radius 2 is 2.40 bits per heavy atom. The highest BCUT2D eigenvalue weighted by molar-refractivity contribution is 5.72. The summed E-state index contributed by atoms with van der Waals surface area (Å²) < 4.78 is 1.20. The van der Waals surface area contributed by atoms with E-state index in [4.69, 9.17) is 5.73 Å². The van der Waals surface area contributed by atoms with Gasteiger partial charge in [0.05, 0.1) is 6.54 Å². The number of hydrogen-bond acceptors (Lipinski definition) is 4. The molecule has 0 saturated carbocycles. The van der Waals surface area contributed by atoms with Crippen molar-refractivity contribution in [2.75, 3.05) is 0 Å². The molecule has 15 heavy (non-hydrogen) atoms. The highest BCUT2D eigenvalue weighted by Gasteiger charge is 1.93. The van der Waals surface area contributed by atoms with E-state index < -0.39 is 17.3 Å². The Labute approximate surface area is 83.4 Å². The van der Waals surface area contributed by atoms with Crippen LogP contribution >= 0.6 is 0 Å². The zero-order chi connectivity index (χ0) is 11.3. The van der Waals surface area contributed by atoms with Gasteiger partial charge in [0.25, 0.3) is 5.56 Å². The average molecular weight is 211 g/mol. The number of hydrogen-bond donors (Lipinski definition) is 3. The van der Waals surface area contributed by atoms with Gasteiger partial charge in [0.2, 0.25) is 0 Å². The van der Waals surface area contributed by atoms with Crippen LogP contribution in [-0.2, 0) is 6.54 Å². The van der Waals surface area contributed by atoms with Gasteiger partial charge in [-0.25, -0.2) is 15.0 Å². The summed E-state index contributed by atoms with van der Waals surface area (Å²) in [5, 5.41) is 3.43. The predicted octanol–water partition coefficient (Wildman–Crippen LogP) is -1.81. The zero-order valence-electron chi connectivity index (χ0n) is 7.64. The first kappa shape index (κ1) is 10.7. The van der Waals surface area contributed by atoms with E-state index in [2.05, 4.69) is 10.1 Å². The summed E-state index contributed by atoms with van der Waals surface area (Å²) in [6, 6.07) is 0.414. The third-order valence-electron chi connectivity index (χ3n) is 1.44. The molecule has 8 heteroatoms. The molecule has 0 bridgehead atoms. The second-order valence-corrected chi connectivity index (χ2v) is 2.55. The Morgan fingerprint density at radius 1 is 1.67 bits per heavy atom. The van der Waals surface area contributed by atoms with E-state index in [1.165, 1.54) is 23.0 Å². The summed E-state index contributed by atoms with van der Waals surface area (Å²) in [5.74, 6) is 0. The number of nitrogens with zero attached hydrogens (tertiary/aromatic N) is 2. The van der Waals surface area contributed by atoms with Crippen LogP contribution < -0.4 is 22.4 Å². The highest BCUT2D eigenvalue weighted by atomic mass is 16.2. The Bertz CT molecular complexity index is 486. The predicted molar refractivity (Wildman–Crippen MR) is 52.5 cm³/mol. The van der Waals surface area contributed by atoms with E-state index in [0.29, 0.717) is 0 Å². The summed E-state index contributed by atoms with van der Waals surface area (Å²) in [4.78, 5) is 34.1. The van der Waals surface area contributed by atoms with Crippen LogP contribution in [0.25, 0.3) is 0 Å². The monoisotopic (exact) mass is 211 g/mol. The molecule has 0 unspecified atom stereocenters. The molecule has 0 atom stereocenters.